The first-order valence-electron chi connectivity index (χ1n) is 7.92. The lowest BCUT2D eigenvalue weighted by Crippen LogP contribution is -2.05. The van der Waals surface area contributed by atoms with Crippen LogP contribution < -0.4 is 0 Å². The Balaban J connectivity index is 0.000000200. The van der Waals surface area contributed by atoms with E-state index in [1.807, 2.05) is 24.8 Å². The van der Waals surface area contributed by atoms with E-state index in [-0.39, 0.29) is 6.21 Å². The molecule has 146 valence electrons. The summed E-state index contributed by atoms with van der Waals surface area (Å²) in [6, 6.07) is 8.23. The highest BCUT2D eigenvalue weighted by Crippen LogP contribution is 2.24. The Hall–Kier alpha value is -2.56. The van der Waals surface area contributed by atoms with Crippen LogP contribution in [-0.4, -0.2) is 21.4 Å². The van der Waals surface area contributed by atoms with Gasteiger partial charge in [-0.25, -0.2) is 17.6 Å². The fourth-order valence-electron chi connectivity index (χ4n) is 2.18. The number of benzene rings is 1. The Morgan fingerprint density at radius 1 is 0.786 bits per heavy atom. The van der Waals surface area contributed by atoms with Crippen molar-refractivity contribution in [2.24, 2.45) is 5.16 Å². The average Bonchev–Trinajstić information content (AvgIpc) is 2.74. The van der Waals surface area contributed by atoms with Gasteiger partial charge in [-0.1, -0.05) is 5.16 Å². The molecule has 2 aromatic heterocycles. The molecule has 0 radical (unpaired) electrons. The largest absolute Gasteiger partial charge is 0.411 e. The molecule has 28 heavy (non-hydrogen) atoms. The van der Waals surface area contributed by atoms with Crippen LogP contribution in [0.1, 0.15) is 16.7 Å². The number of nitrogens with zero attached hydrogens (tertiary/aromatic N) is 3. The smallest absolute Gasteiger partial charge is 0.175 e. The van der Waals surface area contributed by atoms with E-state index in [9.17, 15) is 17.6 Å². The maximum absolute atomic E-state index is 12.9. The lowest BCUT2D eigenvalue weighted by molar-refractivity contribution is 0.321. The molecule has 4 nitrogen and oxygen atoms in total. The van der Waals surface area contributed by atoms with Gasteiger partial charge in [0.15, 0.2) is 23.3 Å². The number of halogens is 5. The van der Waals surface area contributed by atoms with Gasteiger partial charge >= 0.3 is 0 Å². The third kappa shape index (κ3) is 5.72. The van der Waals surface area contributed by atoms with Gasteiger partial charge in [-0.05, 0) is 70.8 Å². The second-order valence-electron chi connectivity index (χ2n) is 5.44. The number of oxime groups is 1. The zero-order chi connectivity index (χ0) is 20.5. The van der Waals surface area contributed by atoms with Gasteiger partial charge in [-0.2, -0.15) is 0 Å². The van der Waals surface area contributed by atoms with E-state index in [2.05, 4.69) is 39.4 Å². The Kier molecular flexibility index (Phi) is 8.30. The molecular formula is C19H14F4IN3O. The van der Waals surface area contributed by atoms with E-state index in [4.69, 9.17) is 5.21 Å². The highest BCUT2D eigenvalue weighted by molar-refractivity contribution is 14.1. The van der Waals surface area contributed by atoms with Gasteiger partial charge in [-0.15, -0.1) is 0 Å². The summed E-state index contributed by atoms with van der Waals surface area (Å²) >= 11 is 1.13. The molecule has 0 aliphatic rings. The number of rotatable bonds is 4. The van der Waals surface area contributed by atoms with Crippen molar-refractivity contribution in [1.29, 1.82) is 0 Å². The molecule has 0 saturated heterocycles. The molecule has 0 amide bonds. The van der Waals surface area contributed by atoms with E-state index in [1.54, 1.807) is 0 Å². The average molecular weight is 503 g/mol. The number of hydrogen-bond acceptors (Lipinski definition) is 4. The molecule has 0 unspecified atom stereocenters. The summed E-state index contributed by atoms with van der Waals surface area (Å²) in [6.45, 7) is 0. The zero-order valence-corrected chi connectivity index (χ0v) is 16.4. The minimum atomic E-state index is -1.59. The maximum Gasteiger partial charge on any atom is 0.175 e. The minimum absolute atomic E-state index is 0.285. The first-order valence-corrected chi connectivity index (χ1v) is 9.00. The summed E-state index contributed by atoms with van der Waals surface area (Å²) in [5.74, 6) is -6.21. The summed E-state index contributed by atoms with van der Waals surface area (Å²) in [4.78, 5) is 7.98. The van der Waals surface area contributed by atoms with Crippen molar-refractivity contribution >= 4 is 28.8 Å². The van der Waals surface area contributed by atoms with Gasteiger partial charge in [0.05, 0.1) is 15.3 Å². The van der Waals surface area contributed by atoms with Gasteiger partial charge in [0, 0.05) is 24.8 Å². The third-order valence-corrected chi connectivity index (χ3v) is 4.58. The summed E-state index contributed by atoms with van der Waals surface area (Å²) < 4.78 is 50.7. The molecule has 0 bridgehead atoms. The topological polar surface area (TPSA) is 58.4 Å². The molecular weight excluding hydrogens is 489 g/mol. The summed E-state index contributed by atoms with van der Waals surface area (Å²) in [6.07, 6.45) is 9.75. The predicted octanol–water partition coefficient (Wildman–Crippen LogP) is 4.92. The molecule has 0 aliphatic carbocycles. The maximum atomic E-state index is 12.9. The number of aromatic nitrogens is 2. The standard InChI is InChI=1S/C12H12N2.C7H2F4INO/c1(11-3-7-13-8-4-11)2-12-5-9-14-10-6-12;8-3-2(1-13-14)4(9)6(11)7(12)5(3)10/h3-10H,1-2H2;1,14H/b;13-1+. The summed E-state index contributed by atoms with van der Waals surface area (Å²) in [7, 11) is 0. The molecule has 0 saturated carbocycles. The Morgan fingerprint density at radius 3 is 1.54 bits per heavy atom. The fourth-order valence-corrected chi connectivity index (χ4v) is 2.65. The van der Waals surface area contributed by atoms with E-state index < -0.39 is 32.4 Å². The third-order valence-electron chi connectivity index (χ3n) is 3.63. The van der Waals surface area contributed by atoms with Crippen LogP contribution in [0.4, 0.5) is 17.6 Å². The Morgan fingerprint density at radius 2 is 1.18 bits per heavy atom. The molecule has 9 heteroatoms. The lowest BCUT2D eigenvalue weighted by Gasteiger charge is -2.03. The van der Waals surface area contributed by atoms with E-state index in [1.165, 1.54) is 11.1 Å². The van der Waals surface area contributed by atoms with Crippen LogP contribution in [0.25, 0.3) is 0 Å². The van der Waals surface area contributed by atoms with Crippen molar-refractivity contribution in [3.05, 3.63) is 92.6 Å². The van der Waals surface area contributed by atoms with Crippen LogP contribution in [0, 0.1) is 26.8 Å². The van der Waals surface area contributed by atoms with Crippen molar-refractivity contribution in [2.45, 2.75) is 12.8 Å². The molecule has 2 heterocycles. The second kappa shape index (κ2) is 10.7. The molecule has 0 aliphatic heterocycles. The monoisotopic (exact) mass is 503 g/mol. The molecule has 1 aromatic carbocycles. The van der Waals surface area contributed by atoms with Gasteiger partial charge in [0.25, 0.3) is 0 Å². The number of pyridine rings is 2. The second-order valence-corrected chi connectivity index (χ2v) is 6.52. The molecule has 3 aromatic rings. The Bertz CT molecular complexity index is 872. The molecule has 0 fully saturated rings. The lowest BCUT2D eigenvalue weighted by atomic mass is 10.1. The number of aryl methyl sites for hydroxylation is 2. The van der Waals surface area contributed by atoms with E-state index in [0.717, 1.165) is 35.4 Å². The first-order chi connectivity index (χ1) is 13.5. The SMILES string of the molecule is O/N=C/c1c(F)c(F)c(I)c(F)c1F.c1cc(CCc2ccncc2)ccn1. The van der Waals surface area contributed by atoms with Crippen LogP contribution in [0.5, 0.6) is 0 Å². The predicted molar refractivity (Wildman–Crippen MR) is 104 cm³/mol. The van der Waals surface area contributed by atoms with Crippen molar-refractivity contribution in [3.8, 4) is 0 Å². The van der Waals surface area contributed by atoms with Crippen LogP contribution in [0.15, 0.2) is 54.2 Å². The molecule has 1 N–H and O–H groups in total. The highest BCUT2D eigenvalue weighted by Gasteiger charge is 2.22. The molecule has 3 rings (SSSR count). The molecule has 0 spiro atoms. The van der Waals surface area contributed by atoms with Crippen LogP contribution in [0.2, 0.25) is 0 Å². The van der Waals surface area contributed by atoms with Crippen LogP contribution in [-0.2, 0) is 12.8 Å². The number of hydrogen-bond donors (Lipinski definition) is 1. The minimum Gasteiger partial charge on any atom is -0.411 e. The van der Waals surface area contributed by atoms with Gasteiger partial charge in [-0.3, -0.25) is 9.97 Å². The van der Waals surface area contributed by atoms with Gasteiger partial charge in [0.1, 0.15) is 0 Å². The van der Waals surface area contributed by atoms with Crippen LogP contribution >= 0.6 is 22.6 Å². The zero-order valence-electron chi connectivity index (χ0n) is 14.3. The van der Waals surface area contributed by atoms with E-state index in [0.29, 0.717) is 0 Å². The fraction of sp³-hybridized carbons (Fsp3) is 0.105. The van der Waals surface area contributed by atoms with E-state index >= 15 is 0 Å². The van der Waals surface area contributed by atoms with Gasteiger partial charge < -0.3 is 5.21 Å². The van der Waals surface area contributed by atoms with Crippen molar-refractivity contribution in [2.75, 3.05) is 0 Å². The quantitative estimate of drug-likeness (QED) is 0.105. The summed E-state index contributed by atoms with van der Waals surface area (Å²) in [5, 5.41) is 10.3. The normalized spacial score (nSPS) is 10.6. The molecule has 0 atom stereocenters. The highest BCUT2D eigenvalue weighted by atomic mass is 127. The van der Waals surface area contributed by atoms with Gasteiger partial charge in [0.2, 0.25) is 0 Å². The summed E-state index contributed by atoms with van der Waals surface area (Å²) in [5.41, 5.74) is 1.61. The van der Waals surface area contributed by atoms with Crippen molar-refractivity contribution in [3.63, 3.8) is 0 Å². The first kappa shape index (κ1) is 21.7. The van der Waals surface area contributed by atoms with Crippen molar-refractivity contribution < 1.29 is 22.8 Å². The Labute approximate surface area is 172 Å². The van der Waals surface area contributed by atoms with Crippen LogP contribution in [0.3, 0.4) is 0 Å². The van der Waals surface area contributed by atoms with Crippen molar-refractivity contribution in [1.82, 2.24) is 9.97 Å².